The average molecular weight is 212 g/mol. The van der Waals surface area contributed by atoms with Gasteiger partial charge in [-0.25, -0.2) is 4.98 Å². The molecule has 0 radical (unpaired) electrons. The molecule has 0 saturated carbocycles. The van der Waals surface area contributed by atoms with Gasteiger partial charge in [-0.2, -0.15) is 0 Å². The van der Waals surface area contributed by atoms with Crippen LogP contribution in [0.1, 0.15) is 44.4 Å². The van der Waals surface area contributed by atoms with Gasteiger partial charge in [-0.3, -0.25) is 4.79 Å². The van der Waals surface area contributed by atoms with Gasteiger partial charge in [0.1, 0.15) is 0 Å². The predicted octanol–water partition coefficient (Wildman–Crippen LogP) is 3.01. The lowest BCUT2D eigenvalue weighted by molar-refractivity contribution is -0.116. The summed E-state index contributed by atoms with van der Waals surface area (Å²) < 4.78 is 0. The molecule has 0 fully saturated rings. The van der Waals surface area contributed by atoms with Gasteiger partial charge in [0.25, 0.3) is 0 Å². The molecule has 0 bridgehead atoms. The quantitative estimate of drug-likeness (QED) is 0.833. The number of hydrogen-bond donors (Lipinski definition) is 1. The molecule has 0 aromatic carbocycles. The number of rotatable bonds is 4. The minimum Gasteiger partial charge on any atom is -0.302 e. The second-order valence-electron chi connectivity index (χ2n) is 3.52. The van der Waals surface area contributed by atoms with Crippen molar-refractivity contribution in [1.29, 1.82) is 0 Å². The largest absolute Gasteiger partial charge is 0.302 e. The van der Waals surface area contributed by atoms with Crippen LogP contribution >= 0.6 is 11.3 Å². The first-order chi connectivity index (χ1) is 6.63. The highest BCUT2D eigenvalue weighted by Crippen LogP contribution is 2.25. The molecule has 0 aliphatic heterocycles. The Morgan fingerprint density at radius 1 is 1.64 bits per heavy atom. The fourth-order valence-corrected chi connectivity index (χ4v) is 1.85. The van der Waals surface area contributed by atoms with Crippen molar-refractivity contribution in [2.75, 3.05) is 5.32 Å². The summed E-state index contributed by atoms with van der Waals surface area (Å²) in [5, 5.41) is 3.50. The molecule has 0 spiro atoms. The number of nitrogens with zero attached hydrogens (tertiary/aromatic N) is 1. The van der Waals surface area contributed by atoms with Crippen LogP contribution in [0, 0.1) is 0 Å². The highest BCUT2D eigenvalue weighted by atomic mass is 32.1. The van der Waals surface area contributed by atoms with Crippen LogP contribution in [0.25, 0.3) is 0 Å². The van der Waals surface area contributed by atoms with Crippen molar-refractivity contribution in [3.8, 4) is 0 Å². The minimum atomic E-state index is 0.0529. The summed E-state index contributed by atoms with van der Waals surface area (Å²) in [5.74, 6) is 0.529. The van der Waals surface area contributed by atoms with E-state index >= 15 is 0 Å². The van der Waals surface area contributed by atoms with Crippen molar-refractivity contribution >= 4 is 22.4 Å². The maximum atomic E-state index is 11.2. The second-order valence-corrected chi connectivity index (χ2v) is 4.58. The van der Waals surface area contributed by atoms with Crippen LogP contribution in [0.3, 0.4) is 0 Å². The number of carbonyl (C=O) groups is 1. The molecule has 0 unspecified atom stereocenters. The Hall–Kier alpha value is -0.900. The van der Waals surface area contributed by atoms with Gasteiger partial charge >= 0.3 is 0 Å². The molecule has 0 aliphatic rings. The van der Waals surface area contributed by atoms with E-state index in [1.165, 1.54) is 4.88 Å². The summed E-state index contributed by atoms with van der Waals surface area (Å²) in [7, 11) is 0. The van der Waals surface area contributed by atoms with E-state index in [2.05, 4.69) is 24.1 Å². The van der Waals surface area contributed by atoms with Crippen LogP contribution < -0.4 is 5.32 Å². The number of nitrogens with one attached hydrogen (secondary N) is 1. The summed E-state index contributed by atoms with van der Waals surface area (Å²) in [6.07, 6.45) is 3.27. The Bertz CT molecular complexity index is 307. The molecule has 1 rings (SSSR count). The molecule has 1 amide bonds. The summed E-state index contributed by atoms with van der Waals surface area (Å²) in [5.41, 5.74) is 0. The van der Waals surface area contributed by atoms with Crippen molar-refractivity contribution in [2.24, 2.45) is 0 Å². The lowest BCUT2D eigenvalue weighted by Crippen LogP contribution is -2.09. The van der Waals surface area contributed by atoms with E-state index < -0.39 is 0 Å². The monoisotopic (exact) mass is 212 g/mol. The van der Waals surface area contributed by atoms with Gasteiger partial charge in [0, 0.05) is 17.5 Å². The van der Waals surface area contributed by atoms with Crippen LogP contribution in [0.5, 0.6) is 0 Å². The number of thiazole rings is 1. The molecular weight excluding hydrogens is 196 g/mol. The third-order valence-corrected chi connectivity index (χ3v) is 3.03. The molecule has 1 aromatic rings. The molecule has 78 valence electrons. The molecule has 14 heavy (non-hydrogen) atoms. The minimum absolute atomic E-state index is 0.0529. The van der Waals surface area contributed by atoms with Crippen LogP contribution in [0.2, 0.25) is 0 Å². The van der Waals surface area contributed by atoms with Crippen LogP contribution in [-0.2, 0) is 4.79 Å². The Morgan fingerprint density at radius 3 is 2.86 bits per heavy atom. The zero-order valence-corrected chi connectivity index (χ0v) is 9.65. The SMILES string of the molecule is CCCC(=O)Nc1ncc(C(C)C)s1. The zero-order chi connectivity index (χ0) is 10.6. The van der Waals surface area contributed by atoms with E-state index in [0.29, 0.717) is 17.5 Å². The number of carbonyl (C=O) groups excluding carboxylic acids is 1. The first-order valence-corrected chi connectivity index (χ1v) is 5.70. The molecule has 0 atom stereocenters. The number of hydrogen-bond acceptors (Lipinski definition) is 3. The molecular formula is C10H16N2OS. The first-order valence-electron chi connectivity index (χ1n) is 4.89. The Kier molecular flexibility index (Phi) is 4.07. The summed E-state index contributed by atoms with van der Waals surface area (Å²) in [6.45, 7) is 6.22. The Morgan fingerprint density at radius 2 is 2.36 bits per heavy atom. The molecule has 1 aromatic heterocycles. The van der Waals surface area contributed by atoms with Gasteiger partial charge in [0.05, 0.1) is 0 Å². The third-order valence-electron chi connectivity index (χ3n) is 1.82. The van der Waals surface area contributed by atoms with Crippen molar-refractivity contribution in [1.82, 2.24) is 4.98 Å². The summed E-state index contributed by atoms with van der Waals surface area (Å²) >= 11 is 1.55. The average Bonchev–Trinajstić information content (AvgIpc) is 2.53. The van der Waals surface area contributed by atoms with Gasteiger partial charge in [-0.1, -0.05) is 20.8 Å². The maximum absolute atomic E-state index is 11.2. The fourth-order valence-electron chi connectivity index (χ4n) is 1.02. The van der Waals surface area contributed by atoms with Crippen LogP contribution in [0.15, 0.2) is 6.20 Å². The van der Waals surface area contributed by atoms with Gasteiger partial charge < -0.3 is 5.32 Å². The van der Waals surface area contributed by atoms with E-state index in [9.17, 15) is 4.79 Å². The second kappa shape index (κ2) is 5.10. The lowest BCUT2D eigenvalue weighted by Gasteiger charge is -1.99. The van der Waals surface area contributed by atoms with Gasteiger partial charge in [-0.15, -0.1) is 11.3 Å². The van der Waals surface area contributed by atoms with Gasteiger partial charge in [0.2, 0.25) is 5.91 Å². The number of aromatic nitrogens is 1. The van der Waals surface area contributed by atoms with E-state index in [0.717, 1.165) is 6.42 Å². The van der Waals surface area contributed by atoms with Gasteiger partial charge in [0.15, 0.2) is 5.13 Å². The van der Waals surface area contributed by atoms with E-state index in [-0.39, 0.29) is 5.91 Å². The molecule has 0 aliphatic carbocycles. The van der Waals surface area contributed by atoms with Crippen molar-refractivity contribution in [3.05, 3.63) is 11.1 Å². The normalized spacial score (nSPS) is 10.6. The molecule has 4 heteroatoms. The Balaban J connectivity index is 2.55. The van der Waals surface area contributed by atoms with Crippen LogP contribution in [-0.4, -0.2) is 10.9 Å². The highest BCUT2D eigenvalue weighted by molar-refractivity contribution is 7.15. The third kappa shape index (κ3) is 3.10. The molecule has 1 heterocycles. The number of anilines is 1. The smallest absolute Gasteiger partial charge is 0.226 e. The summed E-state index contributed by atoms with van der Waals surface area (Å²) in [6, 6.07) is 0. The predicted molar refractivity (Wildman–Crippen MR) is 59.7 cm³/mol. The lowest BCUT2D eigenvalue weighted by atomic mass is 10.2. The van der Waals surface area contributed by atoms with Crippen LogP contribution in [0.4, 0.5) is 5.13 Å². The molecule has 3 nitrogen and oxygen atoms in total. The zero-order valence-electron chi connectivity index (χ0n) is 8.83. The topological polar surface area (TPSA) is 42.0 Å². The van der Waals surface area contributed by atoms with Crippen molar-refractivity contribution in [2.45, 2.75) is 39.5 Å². The van der Waals surface area contributed by atoms with E-state index in [1.807, 2.05) is 13.1 Å². The first kappa shape index (κ1) is 11.2. The molecule has 0 saturated heterocycles. The Labute approximate surface area is 88.6 Å². The van der Waals surface area contributed by atoms with Crippen molar-refractivity contribution in [3.63, 3.8) is 0 Å². The van der Waals surface area contributed by atoms with E-state index in [4.69, 9.17) is 0 Å². The number of amides is 1. The highest BCUT2D eigenvalue weighted by Gasteiger charge is 2.07. The molecule has 1 N–H and O–H groups in total. The summed E-state index contributed by atoms with van der Waals surface area (Å²) in [4.78, 5) is 16.6. The standard InChI is InChI=1S/C10H16N2OS/c1-4-5-9(13)12-10-11-6-8(14-10)7(2)3/h6-7H,4-5H2,1-3H3,(H,11,12,13). The fraction of sp³-hybridized carbons (Fsp3) is 0.600. The van der Waals surface area contributed by atoms with Crippen molar-refractivity contribution < 1.29 is 4.79 Å². The van der Waals surface area contributed by atoms with E-state index in [1.54, 1.807) is 11.3 Å². The van der Waals surface area contributed by atoms with Gasteiger partial charge in [-0.05, 0) is 12.3 Å². The maximum Gasteiger partial charge on any atom is 0.226 e.